The molecule has 2 saturated heterocycles. The van der Waals surface area contributed by atoms with Crippen molar-refractivity contribution in [3.63, 3.8) is 0 Å². The van der Waals surface area contributed by atoms with Crippen LogP contribution in [0.2, 0.25) is 0 Å². The highest BCUT2D eigenvalue weighted by molar-refractivity contribution is 5.81. The molecule has 2 rings (SSSR count). The fraction of sp³-hybridized carbons (Fsp3) is 0.923. The van der Waals surface area contributed by atoms with Gasteiger partial charge < -0.3 is 14.7 Å². The van der Waals surface area contributed by atoms with Crippen molar-refractivity contribution >= 4 is 5.91 Å². The van der Waals surface area contributed by atoms with E-state index < -0.39 is 0 Å². The molecular formula is C13H24N2O3. The van der Waals surface area contributed by atoms with Crippen molar-refractivity contribution in [2.24, 2.45) is 0 Å². The molecule has 0 spiro atoms. The lowest BCUT2D eigenvalue weighted by Crippen LogP contribution is -2.59. The number of hydrogen-bond acceptors (Lipinski definition) is 4. The van der Waals surface area contributed by atoms with Gasteiger partial charge in [0.05, 0.1) is 12.6 Å². The zero-order valence-electron chi connectivity index (χ0n) is 11.2. The quantitative estimate of drug-likeness (QED) is 0.750. The second kappa shape index (κ2) is 5.99. The largest absolute Gasteiger partial charge is 0.394 e. The highest BCUT2D eigenvalue weighted by Gasteiger charge is 2.35. The molecule has 0 bridgehead atoms. The molecule has 5 nitrogen and oxygen atoms in total. The van der Waals surface area contributed by atoms with Crippen LogP contribution in [0.15, 0.2) is 0 Å². The third-order valence-corrected chi connectivity index (χ3v) is 4.06. The second-order valence-electron chi connectivity index (χ2n) is 5.45. The van der Waals surface area contributed by atoms with Crippen molar-refractivity contribution in [3.05, 3.63) is 0 Å². The molecule has 2 heterocycles. The van der Waals surface area contributed by atoms with Gasteiger partial charge in [-0.15, -0.1) is 0 Å². The van der Waals surface area contributed by atoms with Gasteiger partial charge in [-0.2, -0.15) is 0 Å². The highest BCUT2D eigenvalue weighted by Crippen LogP contribution is 2.21. The van der Waals surface area contributed by atoms with Gasteiger partial charge >= 0.3 is 0 Å². The number of ether oxygens (including phenoxy) is 1. The van der Waals surface area contributed by atoms with Gasteiger partial charge in [-0.3, -0.25) is 10.1 Å². The number of nitrogens with one attached hydrogen (secondary N) is 1. The van der Waals surface area contributed by atoms with Crippen LogP contribution in [-0.2, 0) is 9.53 Å². The SMILES string of the molecule is CC(NC1(CO)CCOCC1)C(=O)N1CCCC1. The predicted octanol–water partition coefficient (Wildman–Crippen LogP) is 0.128. The summed E-state index contributed by atoms with van der Waals surface area (Å²) in [6.45, 7) is 5.01. The Balaban J connectivity index is 1.91. The smallest absolute Gasteiger partial charge is 0.239 e. The van der Waals surface area contributed by atoms with Crippen LogP contribution in [0, 0.1) is 0 Å². The molecule has 2 aliphatic heterocycles. The molecule has 2 N–H and O–H groups in total. The summed E-state index contributed by atoms with van der Waals surface area (Å²) in [5.74, 6) is 0.159. The van der Waals surface area contributed by atoms with Crippen LogP contribution in [0.4, 0.5) is 0 Å². The van der Waals surface area contributed by atoms with Gasteiger partial charge in [0.2, 0.25) is 5.91 Å². The lowest BCUT2D eigenvalue weighted by Gasteiger charge is -2.39. The first kappa shape index (κ1) is 13.8. The number of carbonyl (C=O) groups excluding carboxylic acids is 1. The standard InChI is InChI=1S/C13H24N2O3/c1-11(12(17)15-6-2-3-7-15)14-13(10-16)4-8-18-9-5-13/h11,14,16H,2-10H2,1H3. The Morgan fingerprint density at radius 3 is 2.56 bits per heavy atom. The molecule has 0 aromatic heterocycles. The van der Waals surface area contributed by atoms with Crippen LogP contribution in [0.25, 0.3) is 0 Å². The maximum Gasteiger partial charge on any atom is 0.239 e. The van der Waals surface area contributed by atoms with E-state index in [0.29, 0.717) is 13.2 Å². The van der Waals surface area contributed by atoms with Crippen LogP contribution in [0.1, 0.15) is 32.6 Å². The number of amides is 1. The maximum absolute atomic E-state index is 12.2. The summed E-state index contributed by atoms with van der Waals surface area (Å²) in [5, 5.41) is 12.9. The fourth-order valence-corrected chi connectivity index (χ4v) is 2.84. The molecule has 0 radical (unpaired) electrons. The number of carbonyl (C=O) groups is 1. The first-order valence-corrected chi connectivity index (χ1v) is 6.92. The van der Waals surface area contributed by atoms with Gasteiger partial charge in [0, 0.05) is 31.8 Å². The van der Waals surface area contributed by atoms with E-state index in [-0.39, 0.29) is 24.1 Å². The van der Waals surface area contributed by atoms with E-state index in [1.165, 1.54) is 0 Å². The average molecular weight is 256 g/mol. The second-order valence-corrected chi connectivity index (χ2v) is 5.45. The maximum atomic E-state index is 12.2. The molecule has 2 fully saturated rings. The Bertz CT molecular complexity index is 284. The molecule has 2 aliphatic rings. The minimum atomic E-state index is -0.340. The van der Waals surface area contributed by atoms with E-state index in [9.17, 15) is 9.90 Å². The molecule has 1 unspecified atom stereocenters. The van der Waals surface area contributed by atoms with Gasteiger partial charge in [0.1, 0.15) is 0 Å². The Hall–Kier alpha value is -0.650. The molecule has 5 heteroatoms. The summed E-state index contributed by atoms with van der Waals surface area (Å²) in [7, 11) is 0. The van der Waals surface area contributed by atoms with Crippen molar-refractivity contribution in [2.45, 2.75) is 44.2 Å². The van der Waals surface area contributed by atoms with Crippen LogP contribution in [0.3, 0.4) is 0 Å². The molecule has 104 valence electrons. The topological polar surface area (TPSA) is 61.8 Å². The number of nitrogens with zero attached hydrogens (tertiary/aromatic N) is 1. The van der Waals surface area contributed by atoms with E-state index in [1.54, 1.807) is 0 Å². The van der Waals surface area contributed by atoms with Gasteiger partial charge in [-0.1, -0.05) is 0 Å². The Morgan fingerprint density at radius 2 is 2.00 bits per heavy atom. The Morgan fingerprint density at radius 1 is 1.39 bits per heavy atom. The Kier molecular flexibility index (Phi) is 4.59. The fourth-order valence-electron chi connectivity index (χ4n) is 2.84. The van der Waals surface area contributed by atoms with Crippen molar-refractivity contribution < 1.29 is 14.6 Å². The first-order valence-electron chi connectivity index (χ1n) is 6.92. The summed E-state index contributed by atoms with van der Waals surface area (Å²) in [4.78, 5) is 14.1. The zero-order chi connectivity index (χ0) is 13.0. The number of hydrogen-bond donors (Lipinski definition) is 2. The third kappa shape index (κ3) is 3.02. The molecule has 18 heavy (non-hydrogen) atoms. The van der Waals surface area contributed by atoms with Crippen LogP contribution >= 0.6 is 0 Å². The van der Waals surface area contributed by atoms with Gasteiger partial charge in [-0.25, -0.2) is 0 Å². The van der Waals surface area contributed by atoms with Crippen molar-refractivity contribution in [1.29, 1.82) is 0 Å². The molecule has 0 saturated carbocycles. The molecule has 0 aromatic carbocycles. The third-order valence-electron chi connectivity index (χ3n) is 4.06. The van der Waals surface area contributed by atoms with E-state index in [0.717, 1.165) is 38.8 Å². The van der Waals surface area contributed by atoms with Crippen molar-refractivity contribution in [3.8, 4) is 0 Å². The molecule has 1 atom stereocenters. The summed E-state index contributed by atoms with van der Waals surface area (Å²) in [5.41, 5.74) is -0.340. The summed E-state index contributed by atoms with van der Waals surface area (Å²) in [6.07, 6.45) is 3.75. The van der Waals surface area contributed by atoms with Gasteiger partial charge in [0.25, 0.3) is 0 Å². The molecule has 1 amide bonds. The van der Waals surface area contributed by atoms with E-state index >= 15 is 0 Å². The molecule has 0 aromatic rings. The monoisotopic (exact) mass is 256 g/mol. The van der Waals surface area contributed by atoms with Gasteiger partial charge in [0.15, 0.2) is 0 Å². The predicted molar refractivity (Wildman–Crippen MR) is 68.3 cm³/mol. The number of aliphatic hydroxyl groups is 1. The van der Waals surface area contributed by atoms with Crippen LogP contribution < -0.4 is 5.32 Å². The lowest BCUT2D eigenvalue weighted by molar-refractivity contribution is -0.133. The van der Waals surface area contributed by atoms with Crippen LogP contribution in [-0.4, -0.2) is 60.4 Å². The normalized spacial score (nSPS) is 25.1. The zero-order valence-corrected chi connectivity index (χ0v) is 11.2. The minimum absolute atomic E-state index is 0.0635. The number of rotatable bonds is 4. The van der Waals surface area contributed by atoms with E-state index in [4.69, 9.17) is 4.74 Å². The molecule has 0 aliphatic carbocycles. The van der Waals surface area contributed by atoms with Gasteiger partial charge in [-0.05, 0) is 32.6 Å². The average Bonchev–Trinajstić information content (AvgIpc) is 2.92. The number of aliphatic hydroxyl groups excluding tert-OH is 1. The van der Waals surface area contributed by atoms with Crippen molar-refractivity contribution in [2.75, 3.05) is 32.9 Å². The lowest BCUT2D eigenvalue weighted by atomic mass is 9.90. The highest BCUT2D eigenvalue weighted by atomic mass is 16.5. The molecular weight excluding hydrogens is 232 g/mol. The first-order chi connectivity index (χ1) is 8.67. The number of likely N-dealkylation sites (tertiary alicyclic amines) is 1. The van der Waals surface area contributed by atoms with Crippen molar-refractivity contribution in [1.82, 2.24) is 10.2 Å². The summed E-state index contributed by atoms with van der Waals surface area (Å²) < 4.78 is 5.32. The van der Waals surface area contributed by atoms with E-state index in [1.807, 2.05) is 11.8 Å². The van der Waals surface area contributed by atoms with E-state index in [2.05, 4.69) is 5.32 Å². The Labute approximate surface area is 108 Å². The summed E-state index contributed by atoms with van der Waals surface area (Å²) in [6, 6.07) is -0.228. The summed E-state index contributed by atoms with van der Waals surface area (Å²) >= 11 is 0. The van der Waals surface area contributed by atoms with Crippen LogP contribution in [0.5, 0.6) is 0 Å². The minimum Gasteiger partial charge on any atom is -0.394 e.